The maximum absolute atomic E-state index is 12.4. The quantitative estimate of drug-likeness (QED) is 0.602. The summed E-state index contributed by atoms with van der Waals surface area (Å²) in [5, 5.41) is 0.0731. The first-order valence-electron chi connectivity index (χ1n) is 7.04. The Morgan fingerprint density at radius 3 is 2.22 bits per heavy atom. The Bertz CT molecular complexity index is 305. The molecule has 0 bridgehead atoms. The summed E-state index contributed by atoms with van der Waals surface area (Å²) < 4.78 is 5.78. The molecule has 1 aliphatic rings. The van der Waals surface area contributed by atoms with Crippen LogP contribution in [0.4, 0.5) is 0 Å². The molecule has 0 aromatic carbocycles. The lowest BCUT2D eigenvalue weighted by molar-refractivity contribution is -0.169. The van der Waals surface area contributed by atoms with E-state index in [1.54, 1.807) is 0 Å². The molecule has 1 atom stereocenters. The van der Waals surface area contributed by atoms with Gasteiger partial charge in [0.25, 0.3) is 0 Å². The number of rotatable bonds is 5. The van der Waals surface area contributed by atoms with E-state index in [1.807, 2.05) is 13.8 Å². The molecule has 0 spiro atoms. The van der Waals surface area contributed by atoms with Gasteiger partial charge in [0.1, 0.15) is 13.4 Å². The zero-order valence-corrected chi connectivity index (χ0v) is 12.6. The van der Waals surface area contributed by atoms with E-state index in [4.69, 9.17) is 10.5 Å². The summed E-state index contributed by atoms with van der Waals surface area (Å²) in [5.74, 6) is -0.121. The highest BCUT2D eigenvalue weighted by atomic mass is 16.6. The van der Waals surface area contributed by atoms with Gasteiger partial charge in [-0.1, -0.05) is 19.2 Å². The van der Waals surface area contributed by atoms with Gasteiger partial charge in [-0.25, -0.2) is 0 Å². The topological polar surface area (TPSA) is 52.3 Å². The SMILES string of the molecule is BC(C)(C)CC(C)(CN)C(=O)OC1(C)CCCC1. The number of carbonyl (C=O) groups is 1. The lowest BCUT2D eigenvalue weighted by Gasteiger charge is -2.36. The van der Waals surface area contributed by atoms with Crippen molar-refractivity contribution >= 4 is 13.8 Å². The molecule has 0 aromatic heterocycles. The molecule has 2 N–H and O–H groups in total. The van der Waals surface area contributed by atoms with Gasteiger partial charge in [-0.05, 0) is 46.0 Å². The molecule has 18 heavy (non-hydrogen) atoms. The molecule has 0 heterocycles. The van der Waals surface area contributed by atoms with Crippen LogP contribution in [0.2, 0.25) is 5.31 Å². The summed E-state index contributed by atoms with van der Waals surface area (Å²) in [6.07, 6.45) is 5.03. The van der Waals surface area contributed by atoms with Gasteiger partial charge in [0.2, 0.25) is 0 Å². The predicted molar refractivity (Wildman–Crippen MR) is 77.3 cm³/mol. The standard InChI is InChI=1S/C14H28BNO2/c1-12(2,15)9-13(3,10-16)11(17)18-14(4)7-5-6-8-14/h5-10,15-16H2,1-4H3. The van der Waals surface area contributed by atoms with Gasteiger partial charge in [-0.15, -0.1) is 0 Å². The summed E-state index contributed by atoms with van der Waals surface area (Å²) >= 11 is 0. The Labute approximate surface area is 112 Å². The molecular weight excluding hydrogens is 225 g/mol. The summed E-state index contributed by atoms with van der Waals surface area (Å²) in [6, 6.07) is 0. The van der Waals surface area contributed by atoms with Crippen LogP contribution < -0.4 is 5.73 Å². The molecular formula is C14H28BNO2. The van der Waals surface area contributed by atoms with Crippen molar-refractivity contribution in [1.29, 1.82) is 0 Å². The summed E-state index contributed by atoms with van der Waals surface area (Å²) in [6.45, 7) is 8.58. The van der Waals surface area contributed by atoms with E-state index in [2.05, 4.69) is 21.7 Å². The van der Waals surface area contributed by atoms with Crippen molar-refractivity contribution in [2.75, 3.05) is 6.54 Å². The van der Waals surface area contributed by atoms with Gasteiger partial charge in [-0.3, -0.25) is 4.79 Å². The summed E-state index contributed by atoms with van der Waals surface area (Å²) in [7, 11) is 2.13. The predicted octanol–water partition coefficient (Wildman–Crippen LogP) is 2.05. The first-order chi connectivity index (χ1) is 8.10. The molecule has 3 nitrogen and oxygen atoms in total. The minimum absolute atomic E-state index is 0.0731. The van der Waals surface area contributed by atoms with E-state index in [1.165, 1.54) is 0 Å². The van der Waals surface area contributed by atoms with Crippen molar-refractivity contribution in [2.24, 2.45) is 11.1 Å². The molecule has 1 unspecified atom stereocenters. The number of hydrogen-bond donors (Lipinski definition) is 1. The average Bonchev–Trinajstić information content (AvgIpc) is 2.62. The molecule has 0 radical (unpaired) electrons. The molecule has 1 aliphatic carbocycles. The minimum atomic E-state index is -0.566. The van der Waals surface area contributed by atoms with Gasteiger partial charge < -0.3 is 10.5 Å². The highest BCUT2D eigenvalue weighted by molar-refractivity contribution is 6.14. The molecule has 104 valence electrons. The van der Waals surface area contributed by atoms with E-state index < -0.39 is 5.41 Å². The second kappa shape index (κ2) is 5.24. The number of nitrogens with two attached hydrogens (primary N) is 1. The van der Waals surface area contributed by atoms with E-state index in [9.17, 15) is 4.79 Å². The zero-order chi connectivity index (χ0) is 14.0. The Morgan fingerprint density at radius 2 is 1.83 bits per heavy atom. The van der Waals surface area contributed by atoms with Crippen molar-refractivity contribution < 1.29 is 9.53 Å². The van der Waals surface area contributed by atoms with Crippen LogP contribution in [-0.2, 0) is 9.53 Å². The molecule has 0 aliphatic heterocycles. The molecule has 0 aromatic rings. The van der Waals surface area contributed by atoms with E-state index in [0.29, 0.717) is 6.54 Å². The fourth-order valence-electron chi connectivity index (χ4n) is 2.97. The lowest BCUT2D eigenvalue weighted by Crippen LogP contribution is -2.43. The van der Waals surface area contributed by atoms with Gasteiger partial charge in [0.05, 0.1) is 5.41 Å². The Kier molecular flexibility index (Phi) is 4.53. The van der Waals surface area contributed by atoms with Crippen LogP contribution in [0.15, 0.2) is 0 Å². The molecule has 1 fully saturated rings. The van der Waals surface area contributed by atoms with Gasteiger partial charge >= 0.3 is 5.97 Å². The second-order valence-corrected chi connectivity index (χ2v) is 7.55. The van der Waals surface area contributed by atoms with E-state index in [0.717, 1.165) is 32.1 Å². The molecule has 1 rings (SSSR count). The third-order valence-corrected chi connectivity index (χ3v) is 3.86. The van der Waals surface area contributed by atoms with Crippen LogP contribution in [0.1, 0.15) is 59.8 Å². The third-order valence-electron chi connectivity index (χ3n) is 3.86. The largest absolute Gasteiger partial charge is 0.459 e. The Morgan fingerprint density at radius 1 is 1.33 bits per heavy atom. The van der Waals surface area contributed by atoms with Crippen LogP contribution in [0.3, 0.4) is 0 Å². The molecule has 1 saturated carbocycles. The third kappa shape index (κ3) is 4.01. The second-order valence-electron chi connectivity index (χ2n) is 7.55. The normalized spacial score (nSPS) is 22.5. The highest BCUT2D eigenvalue weighted by Gasteiger charge is 2.42. The molecule has 0 amide bonds. The highest BCUT2D eigenvalue weighted by Crippen LogP contribution is 2.40. The summed E-state index contributed by atoms with van der Waals surface area (Å²) in [4.78, 5) is 12.4. The van der Waals surface area contributed by atoms with Crippen LogP contribution >= 0.6 is 0 Å². The minimum Gasteiger partial charge on any atom is -0.459 e. The Hall–Kier alpha value is -0.505. The van der Waals surface area contributed by atoms with Crippen molar-refractivity contribution in [2.45, 2.75) is 70.7 Å². The lowest BCUT2D eigenvalue weighted by atomic mass is 9.63. The fourth-order valence-corrected chi connectivity index (χ4v) is 2.97. The first kappa shape index (κ1) is 15.6. The van der Waals surface area contributed by atoms with Gasteiger partial charge in [0.15, 0.2) is 0 Å². The number of hydrogen-bond acceptors (Lipinski definition) is 3. The van der Waals surface area contributed by atoms with Crippen LogP contribution in [0.25, 0.3) is 0 Å². The van der Waals surface area contributed by atoms with E-state index >= 15 is 0 Å². The maximum Gasteiger partial charge on any atom is 0.313 e. The first-order valence-corrected chi connectivity index (χ1v) is 7.04. The van der Waals surface area contributed by atoms with E-state index in [-0.39, 0.29) is 16.9 Å². The monoisotopic (exact) mass is 253 g/mol. The van der Waals surface area contributed by atoms with Crippen molar-refractivity contribution in [3.8, 4) is 0 Å². The average molecular weight is 253 g/mol. The zero-order valence-electron chi connectivity index (χ0n) is 12.6. The summed E-state index contributed by atoms with van der Waals surface area (Å²) in [5.41, 5.74) is 5.01. The van der Waals surface area contributed by atoms with Crippen molar-refractivity contribution in [3.63, 3.8) is 0 Å². The van der Waals surface area contributed by atoms with Crippen LogP contribution in [0, 0.1) is 5.41 Å². The number of ether oxygens (including phenoxy) is 1. The van der Waals surface area contributed by atoms with Gasteiger partial charge in [0, 0.05) is 6.54 Å². The van der Waals surface area contributed by atoms with Crippen molar-refractivity contribution in [3.05, 3.63) is 0 Å². The Balaban J connectivity index is 2.72. The van der Waals surface area contributed by atoms with Crippen LogP contribution in [0.5, 0.6) is 0 Å². The van der Waals surface area contributed by atoms with Crippen molar-refractivity contribution in [1.82, 2.24) is 0 Å². The number of carbonyl (C=O) groups excluding carboxylic acids is 1. The molecule has 0 saturated heterocycles. The number of esters is 1. The molecule has 4 heteroatoms. The fraction of sp³-hybridized carbons (Fsp3) is 0.929. The van der Waals surface area contributed by atoms with Gasteiger partial charge in [-0.2, -0.15) is 0 Å². The van der Waals surface area contributed by atoms with Crippen LogP contribution in [-0.4, -0.2) is 26.0 Å². The maximum atomic E-state index is 12.4. The smallest absolute Gasteiger partial charge is 0.313 e.